The number of hydrogen-bond acceptors (Lipinski definition) is 1. The van der Waals surface area contributed by atoms with Gasteiger partial charge in [0.25, 0.3) is 0 Å². The normalized spacial score (nSPS) is 67.7. The van der Waals surface area contributed by atoms with Crippen molar-refractivity contribution in [2.24, 2.45) is 59.2 Å². The van der Waals surface area contributed by atoms with Gasteiger partial charge in [-0.05, 0) is 105 Å². The minimum Gasteiger partial charge on any atom is -0.299 e. The first kappa shape index (κ1) is 11.2. The van der Waals surface area contributed by atoms with E-state index in [1.807, 2.05) is 0 Å². The van der Waals surface area contributed by atoms with Gasteiger partial charge in [0.1, 0.15) is 5.78 Å². The van der Waals surface area contributed by atoms with Gasteiger partial charge in [0.15, 0.2) is 0 Å². The molecule has 8 saturated carbocycles. The second-order valence-corrected chi connectivity index (χ2v) is 9.60. The van der Waals surface area contributed by atoms with Crippen molar-refractivity contribution in [3.05, 3.63) is 0 Å². The van der Waals surface area contributed by atoms with E-state index in [9.17, 15) is 6.17 Å². The van der Waals surface area contributed by atoms with Crippen LogP contribution in [-0.2, 0) is 4.79 Å². The summed E-state index contributed by atoms with van der Waals surface area (Å²) in [6, 6.07) is 0. The molecule has 21 heavy (non-hydrogen) atoms. The summed E-state index contributed by atoms with van der Waals surface area (Å²) in [5.41, 5.74) is 0. The van der Waals surface area contributed by atoms with E-state index in [0.29, 0.717) is 35.4 Å². The first-order valence-electron chi connectivity index (χ1n) is 10.2. The molecule has 0 saturated heterocycles. The maximum Gasteiger partial charge on any atom is 0.139 e. The molecule has 8 bridgehead atoms. The van der Waals surface area contributed by atoms with Gasteiger partial charge >= 0.3 is 0 Å². The Hall–Kier alpha value is -0.330. The van der Waals surface area contributed by atoms with Crippen LogP contribution in [0.5, 0.6) is 0 Å². The summed E-state index contributed by atoms with van der Waals surface area (Å²) in [6.45, 7) is 0. The maximum absolute atomic E-state index is 12.9. The Morgan fingerprint density at radius 3 is 2.05 bits per heavy atom. The highest BCUT2D eigenvalue weighted by atomic mass is 16.1. The molecule has 1 nitrogen and oxygen atoms in total. The van der Waals surface area contributed by atoms with E-state index in [-0.39, 0.29) is 5.89 Å². The summed E-state index contributed by atoms with van der Waals surface area (Å²) in [4.78, 5) is 12.9. The molecule has 0 aromatic carbocycles. The Kier molecular flexibility index (Phi) is 2.11. The van der Waals surface area contributed by atoms with E-state index in [1.165, 1.54) is 44.9 Å². The molecule has 5 atom stereocenters. The Morgan fingerprint density at radius 1 is 0.714 bits per heavy atom. The lowest BCUT2D eigenvalue weighted by Crippen LogP contribution is -2.58. The fraction of sp³-hybridized carbons (Fsp3) is 0.950. The minimum absolute atomic E-state index is 0.217. The number of fused-ring (bicyclic) bond motifs is 1. The minimum atomic E-state index is -0.217. The SMILES string of the molecule is [2H]C1([C@@H]2[C@H]3C[C@@H]4C[C@H](C3)C(=O)[C@H]2C4)C2CC3CC(C2)CC1C3. The number of rotatable bonds is 1. The van der Waals surface area contributed by atoms with Crippen LogP contribution in [0.15, 0.2) is 0 Å². The van der Waals surface area contributed by atoms with Crippen molar-refractivity contribution >= 4 is 5.78 Å². The highest BCUT2D eigenvalue weighted by molar-refractivity contribution is 5.85. The highest BCUT2D eigenvalue weighted by Crippen LogP contribution is 2.65. The second kappa shape index (κ2) is 3.95. The van der Waals surface area contributed by atoms with Crippen molar-refractivity contribution in [2.45, 2.75) is 57.8 Å². The summed E-state index contributed by atoms with van der Waals surface area (Å²) in [5, 5.41) is 0. The van der Waals surface area contributed by atoms with Crippen molar-refractivity contribution < 1.29 is 6.17 Å². The summed E-state index contributed by atoms with van der Waals surface area (Å²) in [7, 11) is 0. The molecule has 0 aromatic heterocycles. The number of carbonyl (C=O) groups is 1. The fourth-order valence-corrected chi connectivity index (χ4v) is 8.41. The third kappa shape index (κ3) is 1.51. The largest absolute Gasteiger partial charge is 0.299 e. The second-order valence-electron chi connectivity index (χ2n) is 9.60. The van der Waals surface area contributed by atoms with Gasteiger partial charge in [0, 0.05) is 13.2 Å². The molecule has 114 valence electrons. The molecule has 0 heterocycles. The molecular weight excluding hydrogens is 256 g/mol. The molecule has 0 aliphatic heterocycles. The lowest BCUT2D eigenvalue weighted by atomic mass is 9.42. The molecule has 0 unspecified atom stereocenters. The lowest BCUT2D eigenvalue weighted by molar-refractivity contribution is -0.163. The molecule has 0 radical (unpaired) electrons. The van der Waals surface area contributed by atoms with Crippen LogP contribution in [0, 0.1) is 59.2 Å². The predicted molar refractivity (Wildman–Crippen MR) is 81.5 cm³/mol. The maximum atomic E-state index is 12.9. The zero-order valence-corrected chi connectivity index (χ0v) is 13.0. The van der Waals surface area contributed by atoms with Gasteiger partial charge in [0.2, 0.25) is 0 Å². The van der Waals surface area contributed by atoms with Gasteiger partial charge < -0.3 is 0 Å². The van der Waals surface area contributed by atoms with E-state index in [4.69, 9.17) is 0 Å². The molecule has 8 fully saturated rings. The van der Waals surface area contributed by atoms with Crippen LogP contribution in [0.3, 0.4) is 0 Å². The van der Waals surface area contributed by atoms with Crippen LogP contribution in [0.1, 0.15) is 59.2 Å². The molecule has 0 aromatic rings. The van der Waals surface area contributed by atoms with Gasteiger partial charge in [0.05, 0.1) is 0 Å². The number of ketones is 1. The molecular formula is C20H28O. The summed E-state index contributed by atoms with van der Waals surface area (Å²) >= 11 is 0. The average Bonchev–Trinajstić information content (AvgIpc) is 2.48. The highest BCUT2D eigenvalue weighted by Gasteiger charge is 2.59. The van der Waals surface area contributed by atoms with Gasteiger partial charge in [-0.25, -0.2) is 0 Å². The lowest BCUT2D eigenvalue weighted by Gasteiger charge is -2.62. The van der Waals surface area contributed by atoms with E-state index in [0.717, 1.165) is 36.5 Å². The van der Waals surface area contributed by atoms with Crippen LogP contribution in [-0.4, -0.2) is 5.78 Å². The smallest absolute Gasteiger partial charge is 0.139 e. The van der Waals surface area contributed by atoms with Gasteiger partial charge in [-0.15, -0.1) is 0 Å². The molecule has 0 N–H and O–H groups in total. The van der Waals surface area contributed by atoms with Crippen LogP contribution in [0.25, 0.3) is 0 Å². The Balaban J connectivity index is 1.42. The van der Waals surface area contributed by atoms with Crippen LogP contribution in [0.4, 0.5) is 0 Å². The van der Waals surface area contributed by atoms with Crippen molar-refractivity contribution in [1.82, 2.24) is 0 Å². The summed E-state index contributed by atoms with van der Waals surface area (Å²) in [5.74, 6) is 6.25. The molecule has 8 aliphatic rings. The van der Waals surface area contributed by atoms with Crippen LogP contribution >= 0.6 is 0 Å². The molecule has 0 amide bonds. The predicted octanol–water partition coefficient (Wildman–Crippen LogP) is 4.31. The van der Waals surface area contributed by atoms with E-state index >= 15 is 0 Å². The first-order valence-corrected chi connectivity index (χ1v) is 9.66. The Bertz CT molecular complexity index is 512. The van der Waals surface area contributed by atoms with Gasteiger partial charge in [-0.2, -0.15) is 0 Å². The van der Waals surface area contributed by atoms with Crippen LogP contribution < -0.4 is 0 Å². The molecule has 8 rings (SSSR count). The van der Waals surface area contributed by atoms with E-state index in [1.54, 1.807) is 0 Å². The van der Waals surface area contributed by atoms with Gasteiger partial charge in [-0.1, -0.05) is 0 Å². The first-order chi connectivity index (χ1) is 10.6. The zero-order chi connectivity index (χ0) is 14.6. The monoisotopic (exact) mass is 285 g/mol. The summed E-state index contributed by atoms with van der Waals surface area (Å²) < 4.78 is 9.66. The standard InChI is InChI=1S/C20H28O/c21-20-16-7-12-6-15(9-16)19(17(20)8-12)18-13-2-10-1-11(4-13)5-14(18)3-10/h10-19H,1-9H2/t10?,11?,12-,13?,14?,15+,16-,17+,18?,19-/m1/s1/i18D. The van der Waals surface area contributed by atoms with Crippen molar-refractivity contribution in [3.8, 4) is 0 Å². The van der Waals surface area contributed by atoms with Crippen molar-refractivity contribution in [2.75, 3.05) is 0 Å². The number of carbonyl (C=O) groups excluding carboxylic acids is 1. The van der Waals surface area contributed by atoms with Crippen LogP contribution in [0.2, 0.25) is 0 Å². The summed E-state index contributed by atoms with van der Waals surface area (Å²) in [6.07, 6.45) is 11.6. The quantitative estimate of drug-likeness (QED) is 0.701. The van der Waals surface area contributed by atoms with Crippen molar-refractivity contribution in [3.63, 3.8) is 0 Å². The third-order valence-corrected chi connectivity index (χ3v) is 8.60. The van der Waals surface area contributed by atoms with Gasteiger partial charge in [-0.3, -0.25) is 4.79 Å². The zero-order valence-electron chi connectivity index (χ0n) is 14.0. The van der Waals surface area contributed by atoms with Crippen molar-refractivity contribution in [1.29, 1.82) is 0 Å². The van der Waals surface area contributed by atoms with E-state index < -0.39 is 0 Å². The molecule has 8 aliphatic carbocycles. The number of Topliss-reactive ketones (excluding diaryl/α,β-unsaturated/α-hetero) is 1. The number of hydrogen-bond donors (Lipinski definition) is 0. The molecule has 1 heteroatoms. The Labute approximate surface area is 129 Å². The Morgan fingerprint density at radius 2 is 1.33 bits per heavy atom. The third-order valence-electron chi connectivity index (χ3n) is 8.60. The topological polar surface area (TPSA) is 17.1 Å². The average molecular weight is 285 g/mol. The molecule has 0 spiro atoms. The fourth-order valence-electron chi connectivity index (χ4n) is 8.41. The van der Waals surface area contributed by atoms with E-state index in [2.05, 4.69) is 0 Å².